The van der Waals surface area contributed by atoms with Gasteiger partial charge in [-0.3, -0.25) is 0 Å². The van der Waals surface area contributed by atoms with Crippen molar-refractivity contribution in [2.24, 2.45) is 7.05 Å². The highest BCUT2D eigenvalue weighted by molar-refractivity contribution is 9.10. The van der Waals surface area contributed by atoms with Gasteiger partial charge < -0.3 is 9.30 Å². The van der Waals surface area contributed by atoms with Gasteiger partial charge in [0.15, 0.2) is 11.0 Å². The third-order valence-corrected chi connectivity index (χ3v) is 5.35. The second-order valence-electron chi connectivity index (χ2n) is 5.69. The number of ether oxygens (including phenoxy) is 1. The summed E-state index contributed by atoms with van der Waals surface area (Å²) in [6.45, 7) is 0.245. The van der Waals surface area contributed by atoms with Gasteiger partial charge in [0, 0.05) is 17.3 Å². The molecule has 3 aromatic rings. The fourth-order valence-electron chi connectivity index (χ4n) is 2.26. The van der Waals surface area contributed by atoms with E-state index in [1.165, 1.54) is 17.8 Å². The van der Waals surface area contributed by atoms with E-state index < -0.39 is 11.7 Å². The first-order valence-electron chi connectivity index (χ1n) is 7.88. The van der Waals surface area contributed by atoms with Crippen LogP contribution in [0.25, 0.3) is 0 Å². The quantitative estimate of drug-likeness (QED) is 0.460. The van der Waals surface area contributed by atoms with Gasteiger partial charge in [-0.05, 0) is 35.9 Å². The fraction of sp³-hybridized carbons (Fsp3) is 0.222. The lowest BCUT2D eigenvalue weighted by Gasteiger charge is -2.09. The Hall–Kier alpha value is -2.00. The summed E-state index contributed by atoms with van der Waals surface area (Å²) in [6, 6.07) is 12.7. The number of benzene rings is 2. The van der Waals surface area contributed by atoms with Crippen LogP contribution in [0.15, 0.2) is 58.2 Å². The number of rotatable bonds is 6. The Kier molecular flexibility index (Phi) is 6.11. The summed E-state index contributed by atoms with van der Waals surface area (Å²) in [5, 5.41) is 8.80. The molecule has 9 heteroatoms. The highest BCUT2D eigenvalue weighted by Crippen LogP contribution is 2.31. The van der Waals surface area contributed by atoms with Gasteiger partial charge in [0.25, 0.3) is 0 Å². The highest BCUT2D eigenvalue weighted by Gasteiger charge is 2.30. The van der Waals surface area contributed by atoms with Crippen LogP contribution >= 0.6 is 27.7 Å². The van der Waals surface area contributed by atoms with Gasteiger partial charge in [0.1, 0.15) is 12.4 Å². The number of halogens is 4. The number of nitrogens with zero attached hydrogens (tertiary/aromatic N) is 3. The van der Waals surface area contributed by atoms with E-state index in [1.54, 1.807) is 17.7 Å². The zero-order valence-corrected chi connectivity index (χ0v) is 16.6. The van der Waals surface area contributed by atoms with Crippen LogP contribution in [0, 0.1) is 0 Å². The van der Waals surface area contributed by atoms with Crippen LogP contribution in [-0.2, 0) is 25.6 Å². The maximum atomic E-state index is 12.8. The van der Waals surface area contributed by atoms with E-state index in [0.29, 0.717) is 28.0 Å². The van der Waals surface area contributed by atoms with E-state index >= 15 is 0 Å². The first-order valence-corrected chi connectivity index (χ1v) is 9.66. The van der Waals surface area contributed by atoms with Crippen LogP contribution in [0.1, 0.15) is 17.0 Å². The molecule has 0 bridgehead atoms. The molecule has 0 aliphatic heterocycles. The second kappa shape index (κ2) is 8.35. The zero-order valence-electron chi connectivity index (χ0n) is 14.2. The molecule has 2 aromatic carbocycles. The van der Waals surface area contributed by atoms with E-state index in [9.17, 15) is 13.2 Å². The lowest BCUT2D eigenvalue weighted by Crippen LogP contribution is -2.05. The molecule has 4 nitrogen and oxygen atoms in total. The predicted molar refractivity (Wildman–Crippen MR) is 100 cm³/mol. The minimum Gasteiger partial charge on any atom is -0.486 e. The molecular formula is C18H15BrF3N3OS. The van der Waals surface area contributed by atoms with Crippen molar-refractivity contribution in [1.82, 2.24) is 14.8 Å². The number of aromatic nitrogens is 3. The molecule has 0 saturated heterocycles. The predicted octanol–water partition coefficient (Wildman–Crippen LogP) is 5.47. The number of alkyl halides is 3. The fourth-order valence-corrected chi connectivity index (χ4v) is 3.40. The van der Waals surface area contributed by atoms with E-state index in [-0.39, 0.29) is 6.61 Å². The van der Waals surface area contributed by atoms with E-state index in [1.807, 2.05) is 24.3 Å². The molecule has 0 N–H and O–H groups in total. The SMILES string of the molecule is Cn1c(COc2ccc(Br)cc2)nnc1SCc1cccc(C(F)(F)F)c1. The lowest BCUT2D eigenvalue weighted by atomic mass is 10.1. The molecule has 0 amide bonds. The van der Waals surface area contributed by atoms with Crippen molar-refractivity contribution < 1.29 is 17.9 Å². The Balaban J connectivity index is 1.61. The van der Waals surface area contributed by atoms with Crippen molar-refractivity contribution in [3.63, 3.8) is 0 Å². The summed E-state index contributed by atoms with van der Waals surface area (Å²) < 4.78 is 46.8. The highest BCUT2D eigenvalue weighted by atomic mass is 79.9. The summed E-state index contributed by atoms with van der Waals surface area (Å²) >= 11 is 4.69. The third kappa shape index (κ3) is 5.26. The van der Waals surface area contributed by atoms with Gasteiger partial charge in [0.2, 0.25) is 0 Å². The van der Waals surface area contributed by atoms with Gasteiger partial charge in [-0.25, -0.2) is 0 Å². The van der Waals surface area contributed by atoms with E-state index in [4.69, 9.17) is 4.74 Å². The summed E-state index contributed by atoms with van der Waals surface area (Å²) in [5.41, 5.74) is -0.0763. The topological polar surface area (TPSA) is 39.9 Å². The molecule has 0 fully saturated rings. The Morgan fingerprint density at radius 1 is 1.11 bits per heavy atom. The van der Waals surface area contributed by atoms with Gasteiger partial charge in [0.05, 0.1) is 5.56 Å². The van der Waals surface area contributed by atoms with Crippen LogP contribution in [0.3, 0.4) is 0 Å². The minimum absolute atomic E-state index is 0.245. The van der Waals surface area contributed by atoms with Crippen molar-refractivity contribution in [2.75, 3.05) is 0 Å². The van der Waals surface area contributed by atoms with Gasteiger partial charge >= 0.3 is 6.18 Å². The molecule has 0 unspecified atom stereocenters. The number of thioether (sulfide) groups is 1. The molecule has 1 aromatic heterocycles. The molecule has 0 aliphatic carbocycles. The smallest absolute Gasteiger partial charge is 0.416 e. The Morgan fingerprint density at radius 3 is 2.56 bits per heavy atom. The number of hydrogen-bond donors (Lipinski definition) is 0. The normalized spacial score (nSPS) is 11.6. The van der Waals surface area contributed by atoms with Crippen molar-refractivity contribution in [1.29, 1.82) is 0 Å². The zero-order chi connectivity index (χ0) is 19.4. The van der Waals surface area contributed by atoms with Crippen LogP contribution in [0.4, 0.5) is 13.2 Å². The van der Waals surface area contributed by atoms with Crippen LogP contribution in [0.2, 0.25) is 0 Å². The monoisotopic (exact) mass is 457 g/mol. The van der Waals surface area contributed by atoms with Gasteiger partial charge in [-0.1, -0.05) is 45.9 Å². The molecule has 0 radical (unpaired) electrons. The average Bonchev–Trinajstić information content (AvgIpc) is 2.99. The van der Waals surface area contributed by atoms with Crippen molar-refractivity contribution >= 4 is 27.7 Å². The van der Waals surface area contributed by atoms with Crippen molar-refractivity contribution in [3.8, 4) is 5.75 Å². The van der Waals surface area contributed by atoms with Crippen LogP contribution in [0.5, 0.6) is 5.75 Å². The summed E-state index contributed by atoms with van der Waals surface area (Å²) in [7, 11) is 1.80. The molecule has 142 valence electrons. The molecule has 0 spiro atoms. The third-order valence-electron chi connectivity index (χ3n) is 3.73. The largest absolute Gasteiger partial charge is 0.486 e. The summed E-state index contributed by atoms with van der Waals surface area (Å²) in [5.74, 6) is 1.70. The summed E-state index contributed by atoms with van der Waals surface area (Å²) in [6.07, 6.45) is -4.34. The van der Waals surface area contributed by atoms with Crippen molar-refractivity contribution in [2.45, 2.75) is 23.7 Å². The summed E-state index contributed by atoms with van der Waals surface area (Å²) in [4.78, 5) is 0. The van der Waals surface area contributed by atoms with Crippen LogP contribution in [-0.4, -0.2) is 14.8 Å². The Labute approximate surface area is 166 Å². The molecule has 0 saturated carbocycles. The van der Waals surface area contributed by atoms with Crippen LogP contribution < -0.4 is 4.74 Å². The molecule has 3 rings (SSSR count). The average molecular weight is 458 g/mol. The molecule has 0 atom stereocenters. The first kappa shape index (κ1) is 19.8. The van der Waals surface area contributed by atoms with Gasteiger partial charge in [-0.15, -0.1) is 10.2 Å². The minimum atomic E-state index is -4.34. The van der Waals surface area contributed by atoms with Gasteiger partial charge in [-0.2, -0.15) is 13.2 Å². The van der Waals surface area contributed by atoms with Crippen molar-refractivity contribution in [3.05, 3.63) is 70.0 Å². The number of hydrogen-bond acceptors (Lipinski definition) is 4. The molecule has 27 heavy (non-hydrogen) atoms. The Bertz CT molecular complexity index is 913. The molecule has 1 heterocycles. The lowest BCUT2D eigenvalue weighted by molar-refractivity contribution is -0.137. The molecule has 0 aliphatic rings. The second-order valence-corrected chi connectivity index (χ2v) is 7.55. The maximum Gasteiger partial charge on any atom is 0.416 e. The molecular weight excluding hydrogens is 443 g/mol. The maximum absolute atomic E-state index is 12.8. The first-order chi connectivity index (χ1) is 12.8. The Morgan fingerprint density at radius 2 is 1.85 bits per heavy atom. The van der Waals surface area contributed by atoms with E-state index in [2.05, 4.69) is 26.1 Å². The standard InChI is InChI=1S/C18H15BrF3N3OS/c1-25-16(10-26-15-7-5-14(19)6-8-15)23-24-17(25)27-11-12-3-2-4-13(9-12)18(20,21)22/h2-9H,10-11H2,1H3. The van der Waals surface area contributed by atoms with E-state index in [0.717, 1.165) is 16.6 Å².